The van der Waals surface area contributed by atoms with Crippen LogP contribution in [-0.2, 0) is 19.1 Å². The summed E-state index contributed by atoms with van der Waals surface area (Å²) in [5.41, 5.74) is 2.52. The second kappa shape index (κ2) is 6.44. The number of ketones is 1. The third-order valence-electron chi connectivity index (χ3n) is 6.04. The molecular formula is C21H21NO5. The van der Waals surface area contributed by atoms with Gasteiger partial charge in [0.15, 0.2) is 12.4 Å². The first-order valence-electron chi connectivity index (χ1n) is 9.16. The Morgan fingerprint density at radius 1 is 1.04 bits per heavy atom. The first-order chi connectivity index (χ1) is 12.9. The minimum Gasteiger partial charge on any atom is -0.456 e. The summed E-state index contributed by atoms with van der Waals surface area (Å²) in [6, 6.07) is 5.28. The fourth-order valence-corrected chi connectivity index (χ4v) is 4.44. The predicted octanol–water partition coefficient (Wildman–Crippen LogP) is 1.84. The van der Waals surface area contributed by atoms with E-state index in [1.54, 1.807) is 12.1 Å². The van der Waals surface area contributed by atoms with E-state index in [0.29, 0.717) is 5.56 Å². The van der Waals surface area contributed by atoms with Crippen LogP contribution in [0.4, 0.5) is 0 Å². The summed E-state index contributed by atoms with van der Waals surface area (Å²) < 4.78 is 5.03. The van der Waals surface area contributed by atoms with Crippen LogP contribution >= 0.6 is 0 Å². The molecule has 0 unspecified atom stereocenters. The lowest BCUT2D eigenvalue weighted by atomic mass is 9.85. The number of Topliss-reactive ketones (excluding diaryl/α,β-unsaturated/α-hetero) is 1. The molecule has 1 aromatic rings. The highest BCUT2D eigenvalue weighted by Gasteiger charge is 2.59. The smallest absolute Gasteiger partial charge is 0.326 e. The number of esters is 1. The van der Waals surface area contributed by atoms with E-state index in [9.17, 15) is 19.2 Å². The molecule has 0 spiro atoms. The van der Waals surface area contributed by atoms with Gasteiger partial charge in [0.05, 0.1) is 11.8 Å². The summed E-state index contributed by atoms with van der Waals surface area (Å²) in [7, 11) is 0. The standard InChI is InChI=1S/C21H21NO5/c1-11-3-4-13(7-12(11)2)16(23)10-27-17(24)9-22-20(25)18-14-5-6-15(8-14)19(18)21(22)26/h3-7,14-15,18-19H,8-10H2,1-2H3/t14-,15+,18-,19-/m0/s1. The van der Waals surface area contributed by atoms with Crippen LogP contribution in [0.1, 0.15) is 27.9 Å². The second-order valence-electron chi connectivity index (χ2n) is 7.65. The van der Waals surface area contributed by atoms with Crippen LogP contribution in [0.5, 0.6) is 0 Å². The number of benzene rings is 1. The Labute approximate surface area is 157 Å². The number of carbonyl (C=O) groups excluding carboxylic acids is 4. The van der Waals surface area contributed by atoms with Gasteiger partial charge in [-0.25, -0.2) is 0 Å². The maximum atomic E-state index is 12.5. The zero-order chi connectivity index (χ0) is 19.3. The number of likely N-dealkylation sites (tertiary alicyclic amines) is 1. The fourth-order valence-electron chi connectivity index (χ4n) is 4.44. The summed E-state index contributed by atoms with van der Waals surface area (Å²) >= 11 is 0. The van der Waals surface area contributed by atoms with Gasteiger partial charge in [-0.05, 0) is 49.3 Å². The lowest BCUT2D eigenvalue weighted by Gasteiger charge is -2.16. The highest BCUT2D eigenvalue weighted by atomic mass is 16.5. The zero-order valence-electron chi connectivity index (χ0n) is 15.3. The second-order valence-corrected chi connectivity index (χ2v) is 7.65. The van der Waals surface area contributed by atoms with E-state index in [1.165, 1.54) is 0 Å². The minimum atomic E-state index is -0.742. The number of hydrogen-bond donors (Lipinski definition) is 0. The first kappa shape index (κ1) is 17.6. The summed E-state index contributed by atoms with van der Waals surface area (Å²) in [5.74, 6) is -2.11. The quantitative estimate of drug-likeness (QED) is 0.343. The van der Waals surface area contributed by atoms with Gasteiger partial charge in [0, 0.05) is 5.56 Å². The van der Waals surface area contributed by atoms with Gasteiger partial charge >= 0.3 is 5.97 Å². The zero-order valence-corrected chi connectivity index (χ0v) is 15.3. The molecule has 1 heterocycles. The average molecular weight is 367 g/mol. The molecule has 2 aliphatic carbocycles. The van der Waals surface area contributed by atoms with Crippen molar-refractivity contribution in [1.29, 1.82) is 0 Å². The molecule has 6 heteroatoms. The van der Waals surface area contributed by atoms with Gasteiger partial charge in [0.2, 0.25) is 11.8 Å². The van der Waals surface area contributed by atoms with Crippen molar-refractivity contribution in [1.82, 2.24) is 4.90 Å². The number of hydrogen-bond acceptors (Lipinski definition) is 5. The molecule has 2 bridgehead atoms. The molecule has 0 radical (unpaired) electrons. The van der Waals surface area contributed by atoms with E-state index in [0.717, 1.165) is 22.4 Å². The Morgan fingerprint density at radius 3 is 2.26 bits per heavy atom. The summed E-state index contributed by atoms with van der Waals surface area (Å²) in [6.07, 6.45) is 4.84. The largest absolute Gasteiger partial charge is 0.456 e. The molecule has 1 aromatic carbocycles. The van der Waals surface area contributed by atoms with Crippen LogP contribution in [-0.4, -0.2) is 41.6 Å². The van der Waals surface area contributed by atoms with Gasteiger partial charge in [0.1, 0.15) is 6.54 Å². The molecule has 6 nitrogen and oxygen atoms in total. The van der Waals surface area contributed by atoms with Crippen molar-refractivity contribution in [2.24, 2.45) is 23.7 Å². The van der Waals surface area contributed by atoms with Crippen LogP contribution in [0.2, 0.25) is 0 Å². The van der Waals surface area contributed by atoms with Crippen LogP contribution in [0.3, 0.4) is 0 Å². The van der Waals surface area contributed by atoms with Gasteiger partial charge in [-0.1, -0.05) is 24.3 Å². The molecule has 2 amide bonds. The summed E-state index contributed by atoms with van der Waals surface area (Å²) in [5, 5.41) is 0. The van der Waals surface area contributed by atoms with Crippen LogP contribution in [0.25, 0.3) is 0 Å². The Bertz CT molecular complexity index is 857. The van der Waals surface area contributed by atoms with Crippen molar-refractivity contribution in [2.75, 3.05) is 13.2 Å². The predicted molar refractivity (Wildman–Crippen MR) is 95.6 cm³/mol. The number of imide groups is 1. The van der Waals surface area contributed by atoms with Crippen LogP contribution < -0.4 is 0 Å². The third kappa shape index (κ3) is 2.89. The van der Waals surface area contributed by atoms with Crippen molar-refractivity contribution in [3.05, 3.63) is 47.0 Å². The number of allylic oxidation sites excluding steroid dienone is 2. The lowest BCUT2D eigenvalue weighted by molar-refractivity contribution is -0.152. The molecule has 0 aromatic heterocycles. The van der Waals surface area contributed by atoms with Gasteiger partial charge in [-0.2, -0.15) is 0 Å². The van der Waals surface area contributed by atoms with E-state index in [-0.39, 0.29) is 41.3 Å². The Balaban J connectivity index is 1.35. The Hall–Kier alpha value is -2.76. The van der Waals surface area contributed by atoms with Gasteiger partial charge in [0.25, 0.3) is 0 Å². The maximum Gasteiger partial charge on any atom is 0.326 e. The molecule has 3 aliphatic rings. The third-order valence-corrected chi connectivity index (χ3v) is 6.04. The van der Waals surface area contributed by atoms with E-state index in [4.69, 9.17) is 4.74 Å². The van der Waals surface area contributed by atoms with Crippen molar-refractivity contribution in [2.45, 2.75) is 20.3 Å². The summed E-state index contributed by atoms with van der Waals surface area (Å²) in [6.45, 7) is 3.02. The SMILES string of the molecule is Cc1ccc(C(=O)COC(=O)CN2C(=O)[C@@H]3[C@@H](C2=O)[C@H]2C=C[C@@H]3C2)cc1C. The minimum absolute atomic E-state index is 0.101. The number of rotatable bonds is 5. The Morgan fingerprint density at radius 2 is 1.67 bits per heavy atom. The maximum absolute atomic E-state index is 12.5. The first-order valence-corrected chi connectivity index (χ1v) is 9.16. The molecule has 2 fully saturated rings. The molecule has 1 aliphatic heterocycles. The van der Waals surface area contributed by atoms with E-state index >= 15 is 0 Å². The van der Waals surface area contributed by atoms with Gasteiger partial charge < -0.3 is 4.74 Å². The van der Waals surface area contributed by atoms with Gasteiger partial charge in [-0.15, -0.1) is 0 Å². The molecule has 140 valence electrons. The van der Waals surface area contributed by atoms with Gasteiger partial charge in [-0.3, -0.25) is 24.1 Å². The van der Waals surface area contributed by atoms with Crippen molar-refractivity contribution in [3.8, 4) is 0 Å². The number of nitrogens with zero attached hydrogens (tertiary/aromatic N) is 1. The molecule has 0 N–H and O–H groups in total. The number of ether oxygens (including phenoxy) is 1. The number of carbonyl (C=O) groups is 4. The van der Waals surface area contributed by atoms with E-state index < -0.39 is 19.1 Å². The van der Waals surface area contributed by atoms with Crippen LogP contribution in [0, 0.1) is 37.5 Å². The number of amides is 2. The number of aryl methyl sites for hydroxylation is 2. The normalized spacial score (nSPS) is 28.0. The highest BCUT2D eigenvalue weighted by Crippen LogP contribution is 2.52. The Kier molecular flexibility index (Phi) is 4.21. The van der Waals surface area contributed by atoms with Crippen molar-refractivity contribution < 1.29 is 23.9 Å². The molecule has 4 atom stereocenters. The lowest BCUT2D eigenvalue weighted by Crippen LogP contribution is -2.38. The topological polar surface area (TPSA) is 80.8 Å². The molecule has 1 saturated carbocycles. The highest BCUT2D eigenvalue weighted by molar-refractivity contribution is 6.08. The van der Waals surface area contributed by atoms with E-state index in [2.05, 4.69) is 0 Å². The average Bonchev–Trinajstić information content (AvgIpc) is 3.32. The van der Waals surface area contributed by atoms with E-state index in [1.807, 2.05) is 32.1 Å². The van der Waals surface area contributed by atoms with Crippen LogP contribution in [0.15, 0.2) is 30.4 Å². The molecular weight excluding hydrogens is 346 g/mol. The monoisotopic (exact) mass is 367 g/mol. The van der Waals surface area contributed by atoms with Crippen molar-refractivity contribution in [3.63, 3.8) is 0 Å². The molecule has 27 heavy (non-hydrogen) atoms. The fraction of sp³-hybridized carbons (Fsp3) is 0.429. The summed E-state index contributed by atoms with van der Waals surface area (Å²) in [4.78, 5) is 50.4. The molecule has 1 saturated heterocycles. The van der Waals surface area contributed by atoms with Crippen molar-refractivity contribution >= 4 is 23.6 Å². The number of fused-ring (bicyclic) bond motifs is 5. The molecule has 4 rings (SSSR count).